The maximum absolute atomic E-state index is 12.3. The summed E-state index contributed by atoms with van der Waals surface area (Å²) in [6.07, 6.45) is 1.67. The van der Waals surface area contributed by atoms with Crippen molar-refractivity contribution < 1.29 is 26.6 Å². The molecule has 2 saturated heterocycles. The topological polar surface area (TPSA) is 139 Å². The van der Waals surface area contributed by atoms with E-state index in [1.807, 2.05) is 0 Å². The van der Waals surface area contributed by atoms with Crippen molar-refractivity contribution in [2.24, 2.45) is 5.73 Å². The average Bonchev–Trinajstić information content (AvgIpc) is 2.99. The van der Waals surface area contributed by atoms with Crippen molar-refractivity contribution >= 4 is 16.4 Å². The summed E-state index contributed by atoms with van der Waals surface area (Å²) in [4.78, 5) is 13.7. The van der Waals surface area contributed by atoms with Crippen LogP contribution in [0.3, 0.4) is 0 Å². The van der Waals surface area contributed by atoms with Gasteiger partial charge in [-0.1, -0.05) is 5.16 Å². The number of hydrogen-bond acceptors (Lipinski definition) is 7. The van der Waals surface area contributed by atoms with Crippen LogP contribution in [0.25, 0.3) is 0 Å². The molecular formula is C11H16N4O6S. The van der Waals surface area contributed by atoms with Gasteiger partial charge in [0, 0.05) is 19.0 Å². The van der Waals surface area contributed by atoms with Crippen LogP contribution in [0.2, 0.25) is 0 Å². The van der Waals surface area contributed by atoms with Gasteiger partial charge in [0.15, 0.2) is 0 Å². The van der Waals surface area contributed by atoms with Crippen LogP contribution < -0.4 is 5.73 Å². The van der Waals surface area contributed by atoms with Gasteiger partial charge in [-0.15, -0.1) is 4.28 Å². The maximum atomic E-state index is 12.3. The van der Waals surface area contributed by atoms with Crippen LogP contribution in [0.1, 0.15) is 30.3 Å². The van der Waals surface area contributed by atoms with E-state index in [-0.39, 0.29) is 6.04 Å². The molecule has 2 aliphatic rings. The minimum Gasteiger partial charge on any atom is -0.361 e. The lowest BCUT2D eigenvalue weighted by Gasteiger charge is -2.28. The Bertz CT molecular complexity index is 674. The molecule has 10 nitrogen and oxygen atoms in total. The van der Waals surface area contributed by atoms with Gasteiger partial charge in [0.2, 0.25) is 0 Å². The minimum atomic E-state index is -4.73. The first-order chi connectivity index (χ1) is 10.4. The van der Waals surface area contributed by atoms with Gasteiger partial charge in [0.1, 0.15) is 11.5 Å². The fourth-order valence-electron chi connectivity index (χ4n) is 2.89. The zero-order chi connectivity index (χ0) is 15.9. The number of hydrogen-bond donors (Lipinski definition) is 2. The van der Waals surface area contributed by atoms with Gasteiger partial charge >= 0.3 is 16.4 Å². The van der Waals surface area contributed by atoms with Crippen LogP contribution in [0.4, 0.5) is 4.79 Å². The van der Waals surface area contributed by atoms with E-state index in [1.54, 1.807) is 6.07 Å². The summed E-state index contributed by atoms with van der Waals surface area (Å²) >= 11 is 0. The van der Waals surface area contributed by atoms with Gasteiger partial charge < -0.3 is 15.2 Å². The highest BCUT2D eigenvalue weighted by molar-refractivity contribution is 7.80. The number of hydroxylamine groups is 2. The quantitative estimate of drug-likeness (QED) is 0.710. The van der Waals surface area contributed by atoms with Crippen LogP contribution in [0.15, 0.2) is 10.6 Å². The molecule has 1 aromatic heterocycles. The molecule has 3 N–H and O–H groups in total. The highest BCUT2D eigenvalue weighted by Gasteiger charge is 2.48. The van der Waals surface area contributed by atoms with E-state index >= 15 is 0 Å². The van der Waals surface area contributed by atoms with E-state index in [0.29, 0.717) is 48.9 Å². The Labute approximate surface area is 126 Å². The van der Waals surface area contributed by atoms with Crippen molar-refractivity contribution in [2.45, 2.75) is 31.3 Å². The third kappa shape index (κ3) is 2.79. The van der Waals surface area contributed by atoms with Crippen molar-refractivity contribution in [3.05, 3.63) is 17.5 Å². The number of aromatic nitrogens is 1. The summed E-state index contributed by atoms with van der Waals surface area (Å²) in [7, 11) is -4.73. The molecule has 0 aromatic carbocycles. The molecule has 0 spiro atoms. The van der Waals surface area contributed by atoms with E-state index in [0.717, 1.165) is 0 Å². The smallest absolute Gasteiger partial charge is 0.361 e. The lowest BCUT2D eigenvalue weighted by molar-refractivity contribution is -0.0317. The van der Waals surface area contributed by atoms with Gasteiger partial charge in [0.05, 0.1) is 12.1 Å². The molecule has 2 bridgehead atoms. The monoisotopic (exact) mass is 332 g/mol. The summed E-state index contributed by atoms with van der Waals surface area (Å²) in [6.45, 7) is 0.734. The van der Waals surface area contributed by atoms with Gasteiger partial charge in [-0.25, -0.2) is 4.79 Å². The molecule has 0 saturated carbocycles. The molecule has 2 aliphatic heterocycles. The molecule has 3 heterocycles. The predicted molar refractivity (Wildman–Crippen MR) is 71.6 cm³/mol. The Hall–Kier alpha value is -1.69. The van der Waals surface area contributed by atoms with Crippen molar-refractivity contribution in [1.82, 2.24) is 15.1 Å². The summed E-state index contributed by atoms with van der Waals surface area (Å²) < 4.78 is 39.9. The molecule has 122 valence electrons. The summed E-state index contributed by atoms with van der Waals surface area (Å²) in [5.74, 6) is 0.636. The molecule has 3 rings (SSSR count). The van der Waals surface area contributed by atoms with Gasteiger partial charge in [-0.3, -0.25) is 4.55 Å². The molecular weight excluding hydrogens is 316 g/mol. The van der Waals surface area contributed by atoms with Crippen molar-refractivity contribution in [3.8, 4) is 0 Å². The standard InChI is InChI=1S/C11H16N4O6S/c12-4-3-8-5-9(13-20-8)10-2-1-7-6-14(10)11(16)15(7)21-22(17,18)19/h5,7,10H,1-4,6,12H2,(H,17,18,19)/t7-,10+/m1/s1. The predicted octanol–water partition coefficient (Wildman–Crippen LogP) is -0.149. The van der Waals surface area contributed by atoms with Gasteiger partial charge in [0.25, 0.3) is 0 Å². The largest absolute Gasteiger partial charge is 0.418 e. The zero-order valence-electron chi connectivity index (χ0n) is 11.6. The summed E-state index contributed by atoms with van der Waals surface area (Å²) in [5.41, 5.74) is 6.05. The number of carbonyl (C=O) groups excluding carboxylic acids is 1. The molecule has 1 aromatic rings. The second-order valence-electron chi connectivity index (χ2n) is 5.27. The Morgan fingerprint density at radius 1 is 1.50 bits per heavy atom. The van der Waals surface area contributed by atoms with E-state index in [2.05, 4.69) is 9.44 Å². The van der Waals surface area contributed by atoms with Gasteiger partial charge in [-0.2, -0.15) is 13.5 Å². The molecule has 0 aliphatic carbocycles. The Morgan fingerprint density at radius 2 is 2.27 bits per heavy atom. The number of urea groups is 1. The Balaban J connectivity index is 1.79. The molecule has 22 heavy (non-hydrogen) atoms. The van der Waals surface area contributed by atoms with Crippen molar-refractivity contribution in [3.63, 3.8) is 0 Å². The summed E-state index contributed by atoms with van der Waals surface area (Å²) in [5, 5.41) is 4.66. The highest BCUT2D eigenvalue weighted by Crippen LogP contribution is 2.38. The van der Waals surface area contributed by atoms with E-state index < -0.39 is 22.5 Å². The molecule has 2 fully saturated rings. The van der Waals surface area contributed by atoms with Gasteiger partial charge in [-0.05, 0) is 19.4 Å². The van der Waals surface area contributed by atoms with E-state index in [4.69, 9.17) is 14.8 Å². The Kier molecular flexibility index (Phi) is 3.80. The SMILES string of the molecule is NCCc1cc([C@@H]2CC[C@@H]3CN2C(=O)N3OS(=O)(=O)O)no1. The van der Waals surface area contributed by atoms with Crippen LogP contribution in [-0.4, -0.2) is 53.3 Å². The fourth-order valence-corrected chi connectivity index (χ4v) is 3.27. The average molecular weight is 332 g/mol. The molecule has 0 unspecified atom stereocenters. The van der Waals surface area contributed by atoms with Crippen molar-refractivity contribution in [1.29, 1.82) is 0 Å². The van der Waals surface area contributed by atoms with Crippen LogP contribution in [0, 0.1) is 0 Å². The number of nitrogens with two attached hydrogens (primary N) is 1. The number of fused-ring (bicyclic) bond motifs is 2. The Morgan fingerprint density at radius 3 is 2.95 bits per heavy atom. The number of piperidine rings is 1. The normalized spacial score (nSPS) is 25.1. The lowest BCUT2D eigenvalue weighted by Crippen LogP contribution is -2.35. The number of amides is 2. The number of carbonyl (C=O) groups is 1. The molecule has 2 amide bonds. The van der Waals surface area contributed by atoms with Crippen molar-refractivity contribution in [2.75, 3.05) is 13.1 Å². The number of nitrogens with zero attached hydrogens (tertiary/aromatic N) is 3. The van der Waals surface area contributed by atoms with Crippen LogP contribution >= 0.6 is 0 Å². The van der Waals surface area contributed by atoms with Crippen LogP contribution in [0.5, 0.6) is 0 Å². The second kappa shape index (κ2) is 5.50. The lowest BCUT2D eigenvalue weighted by atomic mass is 9.98. The van der Waals surface area contributed by atoms with E-state index in [9.17, 15) is 13.2 Å². The molecule has 11 heteroatoms. The highest BCUT2D eigenvalue weighted by atomic mass is 32.3. The van der Waals surface area contributed by atoms with E-state index in [1.165, 1.54) is 4.90 Å². The maximum Gasteiger partial charge on any atom is 0.418 e. The minimum absolute atomic E-state index is 0.304. The first kappa shape index (κ1) is 15.2. The first-order valence-corrected chi connectivity index (χ1v) is 8.18. The summed E-state index contributed by atoms with van der Waals surface area (Å²) in [6, 6.07) is 0.404. The second-order valence-corrected chi connectivity index (χ2v) is 6.27. The molecule has 2 atom stereocenters. The number of rotatable bonds is 5. The first-order valence-electron chi connectivity index (χ1n) is 6.81. The third-order valence-electron chi connectivity index (χ3n) is 3.81. The third-order valence-corrected chi connectivity index (χ3v) is 4.16. The zero-order valence-corrected chi connectivity index (χ0v) is 12.4. The fraction of sp³-hybridized carbons (Fsp3) is 0.636. The van der Waals surface area contributed by atoms with Crippen LogP contribution in [-0.2, 0) is 21.1 Å². The molecule has 0 radical (unpaired) electrons.